The van der Waals surface area contributed by atoms with Crippen molar-refractivity contribution in [1.29, 1.82) is 0 Å². The molecule has 0 bridgehead atoms. The molecular formula is C21H29Cl2N3O2. The highest BCUT2D eigenvalue weighted by molar-refractivity contribution is 5.91. The number of hydrogen-bond donors (Lipinski definition) is 2. The molecule has 5 nitrogen and oxygen atoms in total. The smallest absolute Gasteiger partial charge is 0.224 e. The van der Waals surface area contributed by atoms with Crippen LogP contribution in [-0.4, -0.2) is 17.4 Å². The first-order valence-corrected chi connectivity index (χ1v) is 9.31. The van der Waals surface area contributed by atoms with Crippen LogP contribution < -0.4 is 15.8 Å². The molecule has 1 aliphatic rings. The molecule has 0 aliphatic heterocycles. The lowest BCUT2D eigenvalue weighted by atomic mass is 9.71. The third kappa shape index (κ3) is 6.97. The molecule has 0 radical (unpaired) electrons. The van der Waals surface area contributed by atoms with Crippen LogP contribution in [0, 0.1) is 5.41 Å². The highest BCUT2D eigenvalue weighted by atomic mass is 35.5. The zero-order valence-electron chi connectivity index (χ0n) is 15.9. The molecule has 1 saturated carbocycles. The number of nitrogens with zero attached hydrogens (tertiary/aromatic N) is 1. The van der Waals surface area contributed by atoms with Gasteiger partial charge in [0.15, 0.2) is 0 Å². The van der Waals surface area contributed by atoms with Crippen LogP contribution in [0.15, 0.2) is 48.8 Å². The van der Waals surface area contributed by atoms with Crippen LogP contribution in [0.2, 0.25) is 0 Å². The van der Waals surface area contributed by atoms with Gasteiger partial charge in [0.25, 0.3) is 0 Å². The van der Waals surface area contributed by atoms with Gasteiger partial charge in [-0.25, -0.2) is 0 Å². The molecule has 0 spiro atoms. The van der Waals surface area contributed by atoms with Crippen molar-refractivity contribution < 1.29 is 9.53 Å². The van der Waals surface area contributed by atoms with E-state index in [4.69, 9.17) is 10.5 Å². The first-order chi connectivity index (χ1) is 12.7. The fourth-order valence-electron chi connectivity index (χ4n) is 3.61. The molecule has 3 rings (SSSR count). The summed E-state index contributed by atoms with van der Waals surface area (Å²) < 4.78 is 5.79. The number of carbonyl (C=O) groups excluding carboxylic acids is 1. The van der Waals surface area contributed by atoms with Crippen molar-refractivity contribution in [3.05, 3.63) is 54.4 Å². The quantitative estimate of drug-likeness (QED) is 0.670. The van der Waals surface area contributed by atoms with Crippen LogP contribution in [0.3, 0.4) is 0 Å². The van der Waals surface area contributed by atoms with E-state index >= 15 is 0 Å². The van der Waals surface area contributed by atoms with Crippen LogP contribution in [-0.2, 0) is 11.4 Å². The molecule has 28 heavy (non-hydrogen) atoms. The van der Waals surface area contributed by atoms with Crippen LogP contribution in [0.4, 0.5) is 5.69 Å². The molecule has 2 aromatic rings. The minimum atomic E-state index is -0.0310. The summed E-state index contributed by atoms with van der Waals surface area (Å²) in [5.41, 5.74) is 7.72. The molecule has 0 saturated heterocycles. The van der Waals surface area contributed by atoms with Gasteiger partial charge in [0.05, 0.1) is 0 Å². The number of rotatable bonds is 7. The van der Waals surface area contributed by atoms with Gasteiger partial charge in [-0.1, -0.05) is 31.4 Å². The van der Waals surface area contributed by atoms with Gasteiger partial charge in [0.1, 0.15) is 12.4 Å². The fraction of sp³-hybridized carbons (Fsp3) is 0.429. The normalized spacial score (nSPS) is 14.9. The zero-order valence-corrected chi connectivity index (χ0v) is 17.6. The van der Waals surface area contributed by atoms with Crippen molar-refractivity contribution in [2.24, 2.45) is 11.1 Å². The number of halogens is 2. The number of nitrogens with one attached hydrogen (secondary N) is 1. The van der Waals surface area contributed by atoms with Gasteiger partial charge in [-0.2, -0.15) is 0 Å². The van der Waals surface area contributed by atoms with Gasteiger partial charge >= 0.3 is 0 Å². The summed E-state index contributed by atoms with van der Waals surface area (Å²) in [5.74, 6) is 0.750. The Bertz CT molecular complexity index is 723. The molecule has 1 aromatic heterocycles. The maximum atomic E-state index is 12.5. The Balaban J connectivity index is 0.00000196. The lowest BCUT2D eigenvalue weighted by Crippen LogP contribution is -2.36. The topological polar surface area (TPSA) is 77.2 Å². The number of hydrogen-bond acceptors (Lipinski definition) is 4. The Kier molecular flexibility index (Phi) is 10.3. The van der Waals surface area contributed by atoms with Crippen molar-refractivity contribution in [2.45, 2.75) is 45.1 Å². The van der Waals surface area contributed by atoms with Crippen LogP contribution >= 0.6 is 24.8 Å². The van der Waals surface area contributed by atoms with Crippen molar-refractivity contribution in [3.63, 3.8) is 0 Å². The third-order valence-electron chi connectivity index (χ3n) is 5.13. The Morgan fingerprint density at radius 2 is 1.93 bits per heavy atom. The number of carbonyl (C=O) groups is 1. The maximum Gasteiger partial charge on any atom is 0.224 e. The van der Waals surface area contributed by atoms with E-state index in [0.717, 1.165) is 29.8 Å². The van der Waals surface area contributed by atoms with Crippen molar-refractivity contribution in [2.75, 3.05) is 11.9 Å². The monoisotopic (exact) mass is 425 g/mol. The second-order valence-corrected chi connectivity index (χ2v) is 7.17. The minimum absolute atomic E-state index is 0. The van der Waals surface area contributed by atoms with Crippen molar-refractivity contribution >= 4 is 36.4 Å². The average molecular weight is 426 g/mol. The van der Waals surface area contributed by atoms with E-state index in [2.05, 4.69) is 10.3 Å². The molecule has 3 N–H and O–H groups in total. The Hall–Kier alpha value is -1.82. The van der Waals surface area contributed by atoms with E-state index in [0.29, 0.717) is 19.6 Å². The zero-order chi connectivity index (χ0) is 18.2. The van der Waals surface area contributed by atoms with E-state index in [1.165, 1.54) is 19.3 Å². The predicted octanol–water partition coefficient (Wildman–Crippen LogP) is 4.74. The largest absolute Gasteiger partial charge is 0.489 e. The Labute approximate surface area is 179 Å². The van der Waals surface area contributed by atoms with Crippen molar-refractivity contribution in [1.82, 2.24) is 4.98 Å². The number of aromatic nitrogens is 1. The number of pyridine rings is 1. The first kappa shape index (κ1) is 24.2. The third-order valence-corrected chi connectivity index (χ3v) is 5.13. The molecule has 0 atom stereocenters. The molecule has 1 aliphatic carbocycles. The molecule has 0 unspecified atom stereocenters. The van der Waals surface area contributed by atoms with Crippen LogP contribution in [0.25, 0.3) is 0 Å². The van der Waals surface area contributed by atoms with Gasteiger partial charge in [0.2, 0.25) is 5.91 Å². The van der Waals surface area contributed by atoms with E-state index in [1.807, 2.05) is 36.4 Å². The summed E-state index contributed by atoms with van der Waals surface area (Å²) >= 11 is 0. The van der Waals surface area contributed by atoms with Gasteiger partial charge < -0.3 is 15.8 Å². The van der Waals surface area contributed by atoms with E-state index in [1.54, 1.807) is 12.4 Å². The van der Waals surface area contributed by atoms with Gasteiger partial charge in [-0.05, 0) is 43.0 Å². The second kappa shape index (κ2) is 11.9. The van der Waals surface area contributed by atoms with Crippen molar-refractivity contribution in [3.8, 4) is 5.75 Å². The Morgan fingerprint density at radius 3 is 2.61 bits per heavy atom. The fourth-order valence-corrected chi connectivity index (χ4v) is 3.61. The highest BCUT2D eigenvalue weighted by Gasteiger charge is 2.32. The highest BCUT2D eigenvalue weighted by Crippen LogP contribution is 2.38. The van der Waals surface area contributed by atoms with Crippen LogP contribution in [0.1, 0.15) is 44.1 Å². The van der Waals surface area contributed by atoms with Gasteiger partial charge in [-0.3, -0.25) is 9.78 Å². The number of amides is 1. The van der Waals surface area contributed by atoms with Crippen LogP contribution in [0.5, 0.6) is 5.75 Å². The Morgan fingerprint density at radius 1 is 1.14 bits per heavy atom. The summed E-state index contributed by atoms with van der Waals surface area (Å²) in [5, 5.41) is 3.00. The lowest BCUT2D eigenvalue weighted by molar-refractivity contribution is -0.118. The summed E-state index contributed by atoms with van der Waals surface area (Å²) in [6.07, 6.45) is 9.69. The molecule has 1 aromatic carbocycles. The number of benzene rings is 1. The minimum Gasteiger partial charge on any atom is -0.489 e. The molecular weight excluding hydrogens is 397 g/mol. The van der Waals surface area contributed by atoms with E-state index < -0.39 is 0 Å². The summed E-state index contributed by atoms with van der Waals surface area (Å²) in [4.78, 5) is 16.6. The first-order valence-electron chi connectivity index (χ1n) is 9.31. The predicted molar refractivity (Wildman–Crippen MR) is 117 cm³/mol. The number of ether oxygens (including phenoxy) is 1. The summed E-state index contributed by atoms with van der Waals surface area (Å²) in [7, 11) is 0. The summed E-state index contributed by atoms with van der Waals surface area (Å²) in [6.45, 7) is 1.02. The number of anilines is 1. The standard InChI is InChI=1S/C21H27N3O2.2ClH/c22-16-21(9-2-1-3-10-21)13-20(25)24-18-7-4-8-19(12-18)26-15-17-6-5-11-23-14-17;;/h4-8,11-12,14H,1-3,9-10,13,15-16,22H2,(H,24,25);2*1H. The molecule has 1 heterocycles. The second-order valence-electron chi connectivity index (χ2n) is 7.17. The molecule has 154 valence electrons. The molecule has 1 amide bonds. The van der Waals surface area contributed by atoms with E-state index in [-0.39, 0.29) is 36.1 Å². The number of nitrogens with two attached hydrogens (primary N) is 1. The SMILES string of the molecule is Cl.Cl.NCC1(CC(=O)Nc2cccc(OCc3cccnc3)c2)CCCCC1. The van der Waals surface area contributed by atoms with Gasteiger partial charge in [-0.15, -0.1) is 24.8 Å². The van der Waals surface area contributed by atoms with Gasteiger partial charge in [0, 0.05) is 36.1 Å². The van der Waals surface area contributed by atoms with E-state index in [9.17, 15) is 4.79 Å². The lowest BCUT2D eigenvalue weighted by Gasteiger charge is -2.35. The maximum absolute atomic E-state index is 12.5. The molecule has 7 heteroatoms. The summed E-state index contributed by atoms with van der Waals surface area (Å²) in [6, 6.07) is 11.3. The average Bonchev–Trinajstić information content (AvgIpc) is 2.68. The molecule has 1 fully saturated rings.